The monoisotopic (exact) mass is 424 g/mol. The Labute approximate surface area is 180 Å². The summed E-state index contributed by atoms with van der Waals surface area (Å²) >= 11 is 0. The lowest BCUT2D eigenvalue weighted by Crippen LogP contribution is -2.03. The zero-order chi connectivity index (χ0) is 22.1. The summed E-state index contributed by atoms with van der Waals surface area (Å²) in [5, 5.41) is 18.6. The molecule has 0 unspecified atom stereocenters. The van der Waals surface area contributed by atoms with Crippen molar-refractivity contribution in [3.8, 4) is 12.1 Å². The van der Waals surface area contributed by atoms with Crippen molar-refractivity contribution in [2.75, 3.05) is 0 Å². The van der Waals surface area contributed by atoms with Gasteiger partial charge in [-0.15, -0.1) is 0 Å². The summed E-state index contributed by atoms with van der Waals surface area (Å²) in [6.45, 7) is 8.52. The van der Waals surface area contributed by atoms with E-state index in [1.807, 2.05) is 39.8 Å². The number of nitriles is 2. The highest BCUT2D eigenvalue weighted by atomic mass is 31.1. The number of hydrogen-bond acceptors (Lipinski definition) is 5. The number of hydrogen-bond donors (Lipinski definition) is 0. The van der Waals surface area contributed by atoms with Crippen molar-refractivity contribution in [2.24, 2.45) is 0 Å². The maximum Gasteiger partial charge on any atom is 0.319 e. The average Bonchev–Trinajstić information content (AvgIpc) is 2.79. The first kappa shape index (κ1) is 23.8. The van der Waals surface area contributed by atoms with Crippen LogP contribution in [0.4, 0.5) is 0 Å². The number of rotatable bonds is 10. The first-order valence-corrected chi connectivity index (χ1v) is 11.6. The Bertz CT molecular complexity index is 923. The van der Waals surface area contributed by atoms with E-state index in [4.69, 9.17) is 9.05 Å². The minimum atomic E-state index is -2.68. The smallest absolute Gasteiger partial charge is 0.306 e. The Morgan fingerprint density at radius 2 is 1.07 bits per heavy atom. The molecule has 0 N–H and O–H groups in total. The molecular weight excluding hydrogens is 395 g/mol. The van der Waals surface area contributed by atoms with Crippen molar-refractivity contribution in [2.45, 2.75) is 66.6 Å². The molecule has 0 saturated heterocycles. The van der Waals surface area contributed by atoms with Crippen molar-refractivity contribution >= 4 is 8.25 Å². The zero-order valence-corrected chi connectivity index (χ0v) is 19.2. The molecule has 0 aromatic heterocycles. The van der Waals surface area contributed by atoms with Gasteiger partial charge in [0.05, 0.1) is 36.5 Å². The van der Waals surface area contributed by atoms with Crippen LogP contribution in [0.2, 0.25) is 0 Å². The van der Waals surface area contributed by atoms with Crippen LogP contribution in [0.25, 0.3) is 0 Å². The Morgan fingerprint density at radius 1 is 0.700 bits per heavy atom. The molecule has 0 amide bonds. The van der Waals surface area contributed by atoms with Gasteiger partial charge < -0.3 is 9.05 Å². The topological polar surface area (TPSA) is 83.1 Å². The summed E-state index contributed by atoms with van der Waals surface area (Å²) in [5.74, 6) is 0. The van der Waals surface area contributed by atoms with Gasteiger partial charge in [-0.2, -0.15) is 10.5 Å². The molecule has 0 bridgehead atoms. The largest absolute Gasteiger partial charge is 0.319 e. The van der Waals surface area contributed by atoms with Gasteiger partial charge in [0.25, 0.3) is 0 Å². The van der Waals surface area contributed by atoms with Crippen molar-refractivity contribution in [3.05, 3.63) is 68.8 Å². The molecule has 0 spiro atoms. The second-order valence-corrected chi connectivity index (χ2v) is 8.00. The molecule has 2 aromatic rings. The third kappa shape index (κ3) is 5.38. The molecule has 0 radical (unpaired) electrons. The van der Waals surface area contributed by atoms with E-state index in [1.165, 1.54) is 0 Å². The Kier molecular flexibility index (Phi) is 9.28. The van der Waals surface area contributed by atoms with E-state index in [1.54, 1.807) is 12.1 Å². The maximum absolute atomic E-state index is 12.4. The zero-order valence-electron chi connectivity index (χ0n) is 18.2. The standard InChI is InChI=1S/C24H29N2O3P/c1-5-21-17(13-25)9-11-19(23(21)7-3)15-28-30(27)29-16-20-12-10-18(14-26)22(6-2)24(20)8-4/h9-12,30H,5-8,15-16H2,1-4H3. The van der Waals surface area contributed by atoms with E-state index >= 15 is 0 Å². The fourth-order valence-electron chi connectivity index (χ4n) is 3.97. The Morgan fingerprint density at radius 3 is 1.37 bits per heavy atom. The van der Waals surface area contributed by atoms with Crippen LogP contribution >= 0.6 is 8.25 Å². The van der Waals surface area contributed by atoms with Gasteiger partial charge in [0.1, 0.15) is 0 Å². The van der Waals surface area contributed by atoms with Gasteiger partial charge >= 0.3 is 8.25 Å². The molecular formula is C24H29N2O3P. The molecule has 0 fully saturated rings. The van der Waals surface area contributed by atoms with Gasteiger partial charge in [0.2, 0.25) is 0 Å². The fraction of sp³-hybridized carbons (Fsp3) is 0.417. The molecule has 2 aromatic carbocycles. The lowest BCUT2D eigenvalue weighted by molar-refractivity contribution is 0.212. The van der Waals surface area contributed by atoms with E-state index in [0.29, 0.717) is 11.1 Å². The third-order valence-corrected chi connectivity index (χ3v) is 6.16. The molecule has 0 saturated carbocycles. The van der Waals surface area contributed by atoms with E-state index in [9.17, 15) is 15.1 Å². The minimum absolute atomic E-state index is 0.188. The SMILES string of the molecule is CCc1c(C#N)ccc(CO[PH](=O)OCc2ccc(C#N)c(CC)c2CC)c1CC. The van der Waals surface area contributed by atoms with Gasteiger partial charge in [0, 0.05) is 0 Å². The van der Waals surface area contributed by atoms with E-state index in [2.05, 4.69) is 12.1 Å². The second-order valence-electron chi connectivity index (χ2n) is 6.92. The van der Waals surface area contributed by atoms with Crippen molar-refractivity contribution in [1.29, 1.82) is 10.5 Å². The number of benzene rings is 2. The van der Waals surface area contributed by atoms with Gasteiger partial charge in [0.15, 0.2) is 0 Å². The predicted octanol–water partition coefficient (Wildman–Crippen LogP) is 5.80. The summed E-state index contributed by atoms with van der Waals surface area (Å²) in [4.78, 5) is 0. The van der Waals surface area contributed by atoms with E-state index in [-0.39, 0.29) is 13.2 Å². The van der Waals surface area contributed by atoms with Crippen molar-refractivity contribution < 1.29 is 13.6 Å². The fourth-order valence-corrected chi connectivity index (χ4v) is 4.60. The highest BCUT2D eigenvalue weighted by molar-refractivity contribution is 7.33. The van der Waals surface area contributed by atoms with Crippen LogP contribution in [0.3, 0.4) is 0 Å². The van der Waals surface area contributed by atoms with Crippen LogP contribution < -0.4 is 0 Å². The molecule has 0 aliphatic heterocycles. The first-order valence-electron chi connectivity index (χ1n) is 10.4. The normalized spacial score (nSPS) is 10.8. The van der Waals surface area contributed by atoms with Crippen LogP contribution in [0.15, 0.2) is 24.3 Å². The molecule has 2 rings (SSSR count). The Balaban J connectivity index is 2.09. The molecule has 0 aliphatic rings. The van der Waals surface area contributed by atoms with Gasteiger partial charge in [-0.3, -0.25) is 4.57 Å². The highest BCUT2D eigenvalue weighted by Gasteiger charge is 2.14. The minimum Gasteiger partial charge on any atom is -0.306 e. The third-order valence-electron chi connectivity index (χ3n) is 5.40. The summed E-state index contributed by atoms with van der Waals surface area (Å²) < 4.78 is 23.4. The second kappa shape index (κ2) is 11.7. The van der Waals surface area contributed by atoms with Crippen molar-refractivity contribution in [1.82, 2.24) is 0 Å². The van der Waals surface area contributed by atoms with Crippen LogP contribution in [0.1, 0.15) is 72.2 Å². The molecule has 0 atom stereocenters. The summed E-state index contributed by atoms with van der Waals surface area (Å²) in [6, 6.07) is 11.8. The molecule has 6 heteroatoms. The van der Waals surface area contributed by atoms with Crippen LogP contribution in [0.5, 0.6) is 0 Å². The van der Waals surface area contributed by atoms with E-state index in [0.717, 1.165) is 59.1 Å². The first-order chi connectivity index (χ1) is 14.5. The molecule has 0 aliphatic carbocycles. The van der Waals surface area contributed by atoms with Crippen LogP contribution in [-0.4, -0.2) is 0 Å². The molecule has 5 nitrogen and oxygen atoms in total. The van der Waals surface area contributed by atoms with Crippen molar-refractivity contribution in [3.63, 3.8) is 0 Å². The highest BCUT2D eigenvalue weighted by Crippen LogP contribution is 2.31. The average molecular weight is 424 g/mol. The quantitative estimate of drug-likeness (QED) is 0.450. The van der Waals surface area contributed by atoms with Gasteiger partial charge in [-0.1, -0.05) is 39.8 Å². The lowest BCUT2D eigenvalue weighted by Gasteiger charge is -2.16. The molecule has 0 heterocycles. The lowest BCUT2D eigenvalue weighted by atomic mass is 9.93. The maximum atomic E-state index is 12.4. The molecule has 30 heavy (non-hydrogen) atoms. The van der Waals surface area contributed by atoms with Crippen LogP contribution in [0, 0.1) is 22.7 Å². The predicted molar refractivity (Wildman–Crippen MR) is 118 cm³/mol. The molecule has 158 valence electrons. The Hall–Kier alpha value is -2.43. The number of nitrogens with zero attached hydrogens (tertiary/aromatic N) is 2. The van der Waals surface area contributed by atoms with Gasteiger partial charge in [-0.05, 0) is 71.2 Å². The summed E-state index contributed by atoms with van der Waals surface area (Å²) in [5.41, 5.74) is 7.46. The summed E-state index contributed by atoms with van der Waals surface area (Å²) in [6.07, 6.45) is 3.10. The van der Waals surface area contributed by atoms with Crippen LogP contribution in [-0.2, 0) is 52.5 Å². The van der Waals surface area contributed by atoms with Gasteiger partial charge in [-0.25, -0.2) is 0 Å². The summed E-state index contributed by atoms with van der Waals surface area (Å²) in [7, 11) is -2.68. The van der Waals surface area contributed by atoms with E-state index < -0.39 is 8.25 Å².